The van der Waals surface area contributed by atoms with Crippen molar-refractivity contribution in [3.8, 4) is 0 Å². The van der Waals surface area contributed by atoms with E-state index in [1.54, 1.807) is 42.3 Å². The quantitative estimate of drug-likeness (QED) is 0.779. The zero-order valence-corrected chi connectivity index (χ0v) is 14.7. The Morgan fingerprint density at radius 2 is 2.04 bits per heavy atom. The first-order chi connectivity index (χ1) is 12.0. The van der Waals surface area contributed by atoms with E-state index in [1.165, 1.54) is 13.4 Å². The van der Waals surface area contributed by atoms with Gasteiger partial charge in [0.05, 0.1) is 12.7 Å². The first kappa shape index (κ1) is 18.4. The molecule has 25 heavy (non-hydrogen) atoms. The number of carbonyl (C=O) groups excluding carboxylic acids is 2. The zero-order chi connectivity index (χ0) is 18.2. The van der Waals surface area contributed by atoms with Gasteiger partial charge in [0.1, 0.15) is 17.8 Å². The highest BCUT2D eigenvalue weighted by molar-refractivity contribution is 5.93. The number of ether oxygens (including phenoxy) is 1. The largest absolute Gasteiger partial charge is 0.465 e. The number of benzene rings is 1. The summed E-state index contributed by atoms with van der Waals surface area (Å²) in [4.78, 5) is 33.8. The summed E-state index contributed by atoms with van der Waals surface area (Å²) in [5, 5.41) is 3.07. The summed E-state index contributed by atoms with van der Waals surface area (Å²) < 4.78 is 4.71. The molecule has 0 aliphatic heterocycles. The van der Waals surface area contributed by atoms with Gasteiger partial charge in [-0.05, 0) is 24.6 Å². The van der Waals surface area contributed by atoms with E-state index in [1.807, 2.05) is 0 Å². The van der Waals surface area contributed by atoms with Crippen LogP contribution in [0.25, 0.3) is 0 Å². The number of amides is 1. The Bertz CT molecular complexity index is 749. The van der Waals surface area contributed by atoms with Crippen molar-refractivity contribution in [1.29, 1.82) is 0 Å². The molecule has 0 fully saturated rings. The molecular weight excluding hydrogens is 320 g/mol. The van der Waals surface area contributed by atoms with Gasteiger partial charge in [0.2, 0.25) is 0 Å². The van der Waals surface area contributed by atoms with Gasteiger partial charge in [-0.25, -0.2) is 14.8 Å². The van der Waals surface area contributed by atoms with Gasteiger partial charge in [-0.15, -0.1) is 0 Å². The van der Waals surface area contributed by atoms with Crippen LogP contribution in [0.1, 0.15) is 40.6 Å². The third-order valence-corrected chi connectivity index (χ3v) is 3.64. The van der Waals surface area contributed by atoms with Crippen LogP contribution >= 0.6 is 0 Å². The van der Waals surface area contributed by atoms with E-state index in [2.05, 4.69) is 22.2 Å². The van der Waals surface area contributed by atoms with Crippen LogP contribution in [-0.4, -0.2) is 47.4 Å². The monoisotopic (exact) mass is 342 g/mol. The van der Waals surface area contributed by atoms with Crippen LogP contribution in [0, 0.1) is 0 Å². The highest BCUT2D eigenvalue weighted by Crippen LogP contribution is 2.17. The summed E-state index contributed by atoms with van der Waals surface area (Å²) in [5.74, 6) is -0.0915. The Labute approximate surface area is 147 Å². The molecule has 0 saturated carbocycles. The van der Waals surface area contributed by atoms with Crippen molar-refractivity contribution in [2.75, 3.05) is 26.0 Å². The number of nitrogens with zero attached hydrogens (tertiary/aromatic N) is 3. The average Bonchev–Trinajstić information content (AvgIpc) is 2.65. The number of anilines is 2. The summed E-state index contributed by atoms with van der Waals surface area (Å²) in [5.41, 5.74) is 1.41. The first-order valence-corrected chi connectivity index (χ1v) is 8.08. The van der Waals surface area contributed by atoms with Crippen molar-refractivity contribution in [2.45, 2.75) is 19.8 Å². The second kappa shape index (κ2) is 8.77. The summed E-state index contributed by atoms with van der Waals surface area (Å²) >= 11 is 0. The minimum absolute atomic E-state index is 0.151. The van der Waals surface area contributed by atoms with Crippen LogP contribution in [0.5, 0.6) is 0 Å². The summed E-state index contributed by atoms with van der Waals surface area (Å²) in [6.45, 7) is 2.76. The van der Waals surface area contributed by atoms with Crippen molar-refractivity contribution in [2.24, 2.45) is 0 Å². The van der Waals surface area contributed by atoms with Crippen LogP contribution < -0.4 is 5.32 Å². The Morgan fingerprint density at radius 3 is 2.76 bits per heavy atom. The van der Waals surface area contributed by atoms with Gasteiger partial charge in [0, 0.05) is 25.3 Å². The van der Waals surface area contributed by atoms with Gasteiger partial charge in [-0.2, -0.15) is 0 Å². The molecule has 2 rings (SSSR count). The third kappa shape index (κ3) is 5.00. The lowest BCUT2D eigenvalue weighted by molar-refractivity contribution is 0.0600. The molecule has 1 aromatic heterocycles. The lowest BCUT2D eigenvalue weighted by atomic mass is 10.2. The van der Waals surface area contributed by atoms with Crippen LogP contribution in [0.4, 0.5) is 11.5 Å². The number of unbranched alkanes of at least 4 members (excludes halogenated alkanes) is 1. The normalized spacial score (nSPS) is 10.2. The van der Waals surface area contributed by atoms with E-state index < -0.39 is 5.97 Å². The van der Waals surface area contributed by atoms with Crippen molar-refractivity contribution in [3.05, 3.63) is 47.9 Å². The van der Waals surface area contributed by atoms with Gasteiger partial charge < -0.3 is 15.0 Å². The van der Waals surface area contributed by atoms with Gasteiger partial charge in [0.25, 0.3) is 5.91 Å². The summed E-state index contributed by atoms with van der Waals surface area (Å²) in [6, 6.07) is 8.44. The molecule has 1 N–H and O–H groups in total. The third-order valence-electron chi connectivity index (χ3n) is 3.64. The Balaban J connectivity index is 2.14. The molecule has 1 amide bonds. The zero-order valence-electron chi connectivity index (χ0n) is 14.7. The molecule has 0 spiro atoms. The predicted molar refractivity (Wildman–Crippen MR) is 95.0 cm³/mol. The fourth-order valence-corrected chi connectivity index (χ4v) is 2.22. The molecule has 0 radical (unpaired) electrons. The number of esters is 1. The number of methoxy groups -OCH3 is 1. The van der Waals surface area contributed by atoms with Crippen molar-refractivity contribution in [1.82, 2.24) is 14.9 Å². The highest BCUT2D eigenvalue weighted by Gasteiger charge is 2.14. The standard InChI is InChI=1S/C18H22N4O3/c1-4-5-9-22(2)17(23)15-11-16(20-12-19-15)21-14-8-6-7-13(10-14)18(24)25-3/h6-8,10-12H,4-5,9H2,1-3H3,(H,19,20,21). The Kier molecular flexibility index (Phi) is 6.45. The SMILES string of the molecule is CCCCN(C)C(=O)c1cc(Nc2cccc(C(=O)OC)c2)ncn1. The molecule has 0 atom stereocenters. The summed E-state index contributed by atoms with van der Waals surface area (Å²) in [6.07, 6.45) is 3.30. The Hall–Kier alpha value is -2.96. The van der Waals surface area contributed by atoms with E-state index in [9.17, 15) is 9.59 Å². The number of hydrogen-bond donors (Lipinski definition) is 1. The van der Waals surface area contributed by atoms with Crippen LogP contribution in [0.3, 0.4) is 0 Å². The fourth-order valence-electron chi connectivity index (χ4n) is 2.22. The molecule has 7 heteroatoms. The molecule has 0 bridgehead atoms. The molecule has 7 nitrogen and oxygen atoms in total. The van der Waals surface area contributed by atoms with Crippen LogP contribution in [0.2, 0.25) is 0 Å². The van der Waals surface area contributed by atoms with Crippen molar-refractivity contribution in [3.63, 3.8) is 0 Å². The topological polar surface area (TPSA) is 84.4 Å². The number of hydrogen-bond acceptors (Lipinski definition) is 6. The molecule has 0 aliphatic rings. The predicted octanol–water partition coefficient (Wildman–Crippen LogP) is 2.88. The maximum absolute atomic E-state index is 12.4. The molecule has 0 aliphatic carbocycles. The van der Waals surface area contributed by atoms with E-state index in [0.29, 0.717) is 29.3 Å². The van der Waals surface area contributed by atoms with E-state index in [-0.39, 0.29) is 5.91 Å². The van der Waals surface area contributed by atoms with Gasteiger partial charge >= 0.3 is 5.97 Å². The maximum atomic E-state index is 12.4. The molecule has 1 aromatic carbocycles. The number of rotatable bonds is 7. The molecule has 0 saturated heterocycles. The highest BCUT2D eigenvalue weighted by atomic mass is 16.5. The second-order valence-corrected chi connectivity index (χ2v) is 5.57. The first-order valence-electron chi connectivity index (χ1n) is 8.08. The maximum Gasteiger partial charge on any atom is 0.337 e. The molecule has 2 aromatic rings. The lowest BCUT2D eigenvalue weighted by Crippen LogP contribution is -2.28. The van der Waals surface area contributed by atoms with Crippen LogP contribution in [-0.2, 0) is 4.74 Å². The van der Waals surface area contributed by atoms with Crippen molar-refractivity contribution < 1.29 is 14.3 Å². The molecule has 132 valence electrons. The number of carbonyl (C=O) groups is 2. The van der Waals surface area contributed by atoms with Gasteiger partial charge in [-0.1, -0.05) is 19.4 Å². The molecular formula is C18H22N4O3. The smallest absolute Gasteiger partial charge is 0.337 e. The summed E-state index contributed by atoms with van der Waals surface area (Å²) in [7, 11) is 3.09. The van der Waals surface area contributed by atoms with E-state index in [0.717, 1.165) is 12.8 Å². The van der Waals surface area contributed by atoms with Gasteiger partial charge in [0.15, 0.2) is 0 Å². The average molecular weight is 342 g/mol. The van der Waals surface area contributed by atoms with E-state index in [4.69, 9.17) is 4.74 Å². The van der Waals surface area contributed by atoms with Crippen molar-refractivity contribution >= 4 is 23.4 Å². The van der Waals surface area contributed by atoms with Gasteiger partial charge in [-0.3, -0.25) is 4.79 Å². The number of aromatic nitrogens is 2. The van der Waals surface area contributed by atoms with Crippen LogP contribution in [0.15, 0.2) is 36.7 Å². The molecule has 0 unspecified atom stereocenters. The second-order valence-electron chi connectivity index (χ2n) is 5.57. The fraction of sp³-hybridized carbons (Fsp3) is 0.333. The minimum atomic E-state index is -0.417. The molecule has 1 heterocycles. The van der Waals surface area contributed by atoms with E-state index >= 15 is 0 Å². The minimum Gasteiger partial charge on any atom is -0.465 e. The Morgan fingerprint density at radius 1 is 1.24 bits per heavy atom. The number of nitrogens with one attached hydrogen (secondary N) is 1. The lowest BCUT2D eigenvalue weighted by Gasteiger charge is -2.16.